The molecular weight excluding hydrogens is 274 g/mol. The number of amidine groups is 1. The Bertz CT molecular complexity index is 557. The van der Waals surface area contributed by atoms with Crippen molar-refractivity contribution in [3.8, 4) is 0 Å². The Kier molecular flexibility index (Phi) is 4.79. The van der Waals surface area contributed by atoms with Gasteiger partial charge < -0.3 is 4.90 Å². The second-order valence-electron chi connectivity index (χ2n) is 4.54. The molecule has 0 amide bonds. The molecule has 0 N–H and O–H groups in total. The van der Waals surface area contributed by atoms with Gasteiger partial charge in [0, 0.05) is 31.0 Å². The lowest BCUT2D eigenvalue weighted by atomic mass is 10.2. The molecule has 6 heteroatoms. The minimum Gasteiger partial charge on any atom is -0.350 e. The van der Waals surface area contributed by atoms with E-state index in [-0.39, 0.29) is 10.6 Å². The monoisotopic (exact) mass is 291 g/mol. The number of aryl methyl sites for hydroxylation is 1. The third-order valence-corrected chi connectivity index (χ3v) is 4.07. The van der Waals surface area contributed by atoms with E-state index in [2.05, 4.69) is 16.5 Å². The summed E-state index contributed by atoms with van der Waals surface area (Å²) in [6.45, 7) is 7.49. The molecule has 0 spiro atoms. The summed E-state index contributed by atoms with van der Waals surface area (Å²) in [7, 11) is 0. The molecule has 20 heavy (non-hydrogen) atoms. The summed E-state index contributed by atoms with van der Waals surface area (Å²) in [5.74, 6) is 1.03. The van der Waals surface area contributed by atoms with Crippen LogP contribution in [-0.2, 0) is 0 Å². The number of hydrogen-bond donors (Lipinski definition) is 0. The van der Waals surface area contributed by atoms with Crippen LogP contribution in [0.5, 0.6) is 0 Å². The van der Waals surface area contributed by atoms with Crippen molar-refractivity contribution in [2.75, 3.05) is 18.8 Å². The van der Waals surface area contributed by atoms with Gasteiger partial charge in [-0.3, -0.25) is 10.1 Å². The number of thioether (sulfide) groups is 1. The van der Waals surface area contributed by atoms with E-state index in [1.807, 2.05) is 13.0 Å². The highest BCUT2D eigenvalue weighted by Gasteiger charge is 2.19. The van der Waals surface area contributed by atoms with E-state index in [1.165, 1.54) is 6.07 Å². The SMILES string of the molecule is C=CCCN1CCSC1=Nc1ccc([N+](=O)[O-])cc1C. The number of aliphatic imine (C=N–C) groups is 1. The molecule has 0 bridgehead atoms. The van der Waals surface area contributed by atoms with Gasteiger partial charge in [-0.05, 0) is 25.0 Å². The first kappa shape index (κ1) is 14.6. The molecule has 2 rings (SSSR count). The Labute approximate surface area is 122 Å². The fraction of sp³-hybridized carbons (Fsp3) is 0.357. The number of non-ortho nitro benzene ring substituents is 1. The summed E-state index contributed by atoms with van der Waals surface area (Å²) >= 11 is 1.72. The summed E-state index contributed by atoms with van der Waals surface area (Å²) in [6.07, 6.45) is 2.83. The third kappa shape index (κ3) is 3.39. The van der Waals surface area contributed by atoms with E-state index in [0.717, 1.165) is 41.7 Å². The molecule has 1 aromatic rings. The van der Waals surface area contributed by atoms with Crippen LogP contribution >= 0.6 is 11.8 Å². The molecule has 5 nitrogen and oxygen atoms in total. The van der Waals surface area contributed by atoms with Gasteiger partial charge in [-0.1, -0.05) is 17.8 Å². The van der Waals surface area contributed by atoms with Gasteiger partial charge in [0.05, 0.1) is 10.6 Å². The molecule has 1 aromatic carbocycles. The van der Waals surface area contributed by atoms with Crippen molar-refractivity contribution in [3.63, 3.8) is 0 Å². The van der Waals surface area contributed by atoms with Gasteiger partial charge in [0.25, 0.3) is 5.69 Å². The average molecular weight is 291 g/mol. The van der Waals surface area contributed by atoms with Crippen molar-refractivity contribution in [2.45, 2.75) is 13.3 Å². The van der Waals surface area contributed by atoms with Crippen molar-refractivity contribution < 1.29 is 4.92 Å². The van der Waals surface area contributed by atoms with Crippen LogP contribution in [0.4, 0.5) is 11.4 Å². The second-order valence-corrected chi connectivity index (χ2v) is 5.60. The number of benzene rings is 1. The van der Waals surface area contributed by atoms with Crippen molar-refractivity contribution in [2.24, 2.45) is 4.99 Å². The zero-order valence-corrected chi connectivity index (χ0v) is 12.2. The van der Waals surface area contributed by atoms with Gasteiger partial charge in [-0.15, -0.1) is 6.58 Å². The molecule has 1 heterocycles. The van der Waals surface area contributed by atoms with Crippen molar-refractivity contribution in [3.05, 3.63) is 46.5 Å². The summed E-state index contributed by atoms with van der Waals surface area (Å²) < 4.78 is 0. The van der Waals surface area contributed by atoms with Crippen LogP contribution < -0.4 is 0 Å². The van der Waals surface area contributed by atoms with E-state index < -0.39 is 0 Å². The molecule has 0 aromatic heterocycles. The third-order valence-electron chi connectivity index (χ3n) is 3.07. The predicted octanol–water partition coefficient (Wildman–Crippen LogP) is 3.52. The maximum atomic E-state index is 10.7. The van der Waals surface area contributed by atoms with Crippen LogP contribution in [0.2, 0.25) is 0 Å². The Morgan fingerprint density at radius 1 is 1.60 bits per heavy atom. The van der Waals surface area contributed by atoms with Crippen molar-refractivity contribution in [1.82, 2.24) is 4.90 Å². The van der Waals surface area contributed by atoms with E-state index in [4.69, 9.17) is 0 Å². The smallest absolute Gasteiger partial charge is 0.269 e. The molecule has 106 valence electrons. The van der Waals surface area contributed by atoms with E-state index in [0.29, 0.717) is 0 Å². The average Bonchev–Trinajstić information content (AvgIpc) is 2.85. The van der Waals surface area contributed by atoms with Crippen LogP contribution in [0.15, 0.2) is 35.8 Å². The normalized spacial score (nSPS) is 16.6. The second kappa shape index (κ2) is 6.56. The summed E-state index contributed by atoms with van der Waals surface area (Å²) in [5.41, 5.74) is 1.72. The highest BCUT2D eigenvalue weighted by atomic mass is 32.2. The molecule has 1 aliphatic rings. The maximum absolute atomic E-state index is 10.7. The van der Waals surface area contributed by atoms with Gasteiger partial charge in [0.2, 0.25) is 0 Å². The Morgan fingerprint density at radius 3 is 3.05 bits per heavy atom. The van der Waals surface area contributed by atoms with Gasteiger partial charge in [-0.25, -0.2) is 4.99 Å². The Hall–Kier alpha value is -1.82. The topological polar surface area (TPSA) is 58.7 Å². The van der Waals surface area contributed by atoms with Crippen LogP contribution in [0.3, 0.4) is 0 Å². The number of nitrogens with zero attached hydrogens (tertiary/aromatic N) is 3. The zero-order chi connectivity index (χ0) is 14.5. The first-order valence-electron chi connectivity index (χ1n) is 6.44. The minimum absolute atomic E-state index is 0.106. The Morgan fingerprint density at radius 2 is 2.40 bits per heavy atom. The molecule has 0 radical (unpaired) electrons. The number of hydrogen-bond acceptors (Lipinski definition) is 4. The minimum atomic E-state index is -0.384. The summed E-state index contributed by atoms with van der Waals surface area (Å²) in [4.78, 5) is 17.2. The lowest BCUT2D eigenvalue weighted by Gasteiger charge is -2.16. The molecular formula is C14H17N3O2S. The highest BCUT2D eigenvalue weighted by molar-refractivity contribution is 8.14. The van der Waals surface area contributed by atoms with Gasteiger partial charge in [0.15, 0.2) is 5.17 Å². The summed E-state index contributed by atoms with van der Waals surface area (Å²) in [6, 6.07) is 4.78. The highest BCUT2D eigenvalue weighted by Crippen LogP contribution is 2.27. The van der Waals surface area contributed by atoms with E-state index in [9.17, 15) is 10.1 Å². The fourth-order valence-electron chi connectivity index (χ4n) is 1.97. The van der Waals surface area contributed by atoms with Crippen molar-refractivity contribution >= 4 is 28.3 Å². The van der Waals surface area contributed by atoms with Crippen LogP contribution in [0, 0.1) is 17.0 Å². The Balaban J connectivity index is 2.21. The lowest BCUT2D eigenvalue weighted by molar-refractivity contribution is -0.384. The summed E-state index contributed by atoms with van der Waals surface area (Å²) in [5, 5.41) is 11.7. The molecule has 1 aliphatic heterocycles. The maximum Gasteiger partial charge on any atom is 0.269 e. The first-order chi connectivity index (χ1) is 9.61. The molecule has 0 atom stereocenters. The lowest BCUT2D eigenvalue weighted by Crippen LogP contribution is -2.25. The molecule has 0 aliphatic carbocycles. The molecule has 1 fully saturated rings. The number of nitro benzene ring substituents is 1. The van der Waals surface area contributed by atoms with Gasteiger partial charge in [-0.2, -0.15) is 0 Å². The number of rotatable bonds is 5. The van der Waals surface area contributed by atoms with E-state index >= 15 is 0 Å². The van der Waals surface area contributed by atoms with Gasteiger partial charge in [0.1, 0.15) is 0 Å². The number of nitro groups is 1. The van der Waals surface area contributed by atoms with Crippen LogP contribution in [-0.4, -0.2) is 33.8 Å². The van der Waals surface area contributed by atoms with E-state index in [1.54, 1.807) is 23.9 Å². The predicted molar refractivity (Wildman–Crippen MR) is 83.8 cm³/mol. The largest absolute Gasteiger partial charge is 0.350 e. The van der Waals surface area contributed by atoms with Crippen LogP contribution in [0.25, 0.3) is 0 Å². The molecule has 0 unspecified atom stereocenters. The van der Waals surface area contributed by atoms with Gasteiger partial charge >= 0.3 is 0 Å². The molecule has 1 saturated heterocycles. The zero-order valence-electron chi connectivity index (χ0n) is 11.4. The fourth-order valence-corrected chi connectivity index (χ4v) is 3.00. The van der Waals surface area contributed by atoms with Crippen molar-refractivity contribution in [1.29, 1.82) is 0 Å². The molecule has 0 saturated carbocycles. The standard InChI is InChI=1S/C14H17N3O2S/c1-3-4-7-16-8-9-20-14(16)15-13-6-5-12(17(18)19)10-11(13)2/h3,5-6,10H,1,4,7-9H2,2H3. The quantitative estimate of drug-likeness (QED) is 0.473. The first-order valence-corrected chi connectivity index (χ1v) is 7.42. The van der Waals surface area contributed by atoms with Crippen LogP contribution in [0.1, 0.15) is 12.0 Å².